The largest absolute Gasteiger partial charge is 0.499 e. The molecule has 0 amide bonds. The van der Waals surface area contributed by atoms with Crippen LogP contribution in [0.4, 0.5) is 0 Å². The molecule has 1 aliphatic heterocycles. The Morgan fingerprint density at radius 3 is 2.37 bits per heavy atom. The molecule has 2 heterocycles. The maximum atomic E-state index is 11.5. The van der Waals surface area contributed by atoms with Crippen molar-refractivity contribution in [3.05, 3.63) is 20.8 Å². The van der Waals surface area contributed by atoms with Gasteiger partial charge in [-0.3, -0.25) is 9.78 Å². The lowest BCUT2D eigenvalue weighted by Crippen LogP contribution is -2.38. The summed E-state index contributed by atoms with van der Waals surface area (Å²) in [6.07, 6.45) is -5.84. The smallest absolute Gasteiger partial charge is 0.333 e. The fourth-order valence-corrected chi connectivity index (χ4v) is 1.86. The van der Waals surface area contributed by atoms with Crippen molar-refractivity contribution in [1.82, 2.24) is 9.55 Å². The molecule has 0 saturated carbocycles. The number of aliphatic hydroxyl groups is 3. The highest BCUT2D eigenvalue weighted by molar-refractivity contribution is 5.28. The first-order chi connectivity index (χ1) is 8.88. The Labute approximate surface area is 104 Å². The predicted molar refractivity (Wildman–Crippen MR) is 57.7 cm³/mol. The fraction of sp³-hybridized carbons (Fsp3) is 0.556. The van der Waals surface area contributed by atoms with E-state index in [1.807, 2.05) is 0 Å². The van der Waals surface area contributed by atoms with Crippen LogP contribution in [0.5, 0.6) is 11.6 Å². The van der Waals surface area contributed by atoms with Crippen LogP contribution in [0, 0.1) is 0 Å². The van der Waals surface area contributed by atoms with Crippen LogP contribution in [0.3, 0.4) is 0 Å². The van der Waals surface area contributed by atoms with Crippen LogP contribution in [0.15, 0.2) is 9.59 Å². The minimum Gasteiger partial charge on any atom is -0.499 e. The first-order valence-corrected chi connectivity index (χ1v) is 5.27. The molecule has 0 bridgehead atoms. The lowest BCUT2D eigenvalue weighted by atomic mass is 10.1. The summed E-state index contributed by atoms with van der Waals surface area (Å²) < 4.78 is 5.37. The zero-order valence-corrected chi connectivity index (χ0v) is 9.42. The second-order valence-electron chi connectivity index (χ2n) is 4.03. The van der Waals surface area contributed by atoms with Gasteiger partial charge >= 0.3 is 5.69 Å². The molecule has 1 aliphatic rings. The van der Waals surface area contributed by atoms with E-state index in [2.05, 4.69) is 0 Å². The highest BCUT2D eigenvalue weighted by atomic mass is 16.6. The molecule has 4 atom stereocenters. The van der Waals surface area contributed by atoms with E-state index in [-0.39, 0.29) is 0 Å². The maximum absolute atomic E-state index is 11.5. The van der Waals surface area contributed by atoms with Gasteiger partial charge in [-0.1, -0.05) is 0 Å². The number of H-pyrrole nitrogens is 1. The van der Waals surface area contributed by atoms with Gasteiger partial charge in [0.15, 0.2) is 6.23 Å². The molecular formula is C9H12N2O8. The molecule has 0 spiro atoms. The quantitative estimate of drug-likeness (QED) is 0.324. The van der Waals surface area contributed by atoms with Gasteiger partial charge in [-0.05, 0) is 0 Å². The zero-order chi connectivity index (χ0) is 14.3. The number of nitrogens with zero attached hydrogens (tertiary/aromatic N) is 1. The van der Waals surface area contributed by atoms with Crippen LogP contribution in [-0.2, 0) is 4.74 Å². The summed E-state index contributed by atoms with van der Waals surface area (Å²) in [6.45, 7) is -0.625. The Bertz CT molecular complexity index is 593. The average molecular weight is 276 g/mol. The molecule has 6 N–H and O–H groups in total. The first kappa shape index (κ1) is 13.5. The van der Waals surface area contributed by atoms with Gasteiger partial charge in [-0.2, -0.15) is 0 Å². The zero-order valence-electron chi connectivity index (χ0n) is 9.42. The van der Waals surface area contributed by atoms with E-state index < -0.39 is 54.0 Å². The summed E-state index contributed by atoms with van der Waals surface area (Å²) in [4.78, 5) is 24.3. The van der Waals surface area contributed by atoms with E-state index in [1.54, 1.807) is 4.98 Å². The van der Waals surface area contributed by atoms with Gasteiger partial charge in [0.2, 0.25) is 11.6 Å². The molecule has 1 fully saturated rings. The van der Waals surface area contributed by atoms with Crippen LogP contribution in [0.25, 0.3) is 0 Å². The molecular weight excluding hydrogens is 264 g/mol. The van der Waals surface area contributed by atoms with Crippen LogP contribution in [0.1, 0.15) is 6.23 Å². The van der Waals surface area contributed by atoms with E-state index >= 15 is 0 Å². The molecule has 1 saturated heterocycles. The number of nitrogens with one attached hydrogen (secondary N) is 1. The van der Waals surface area contributed by atoms with E-state index in [0.29, 0.717) is 4.57 Å². The minimum atomic E-state index is -1.63. The third-order valence-corrected chi connectivity index (χ3v) is 2.87. The van der Waals surface area contributed by atoms with Gasteiger partial charge in [-0.15, -0.1) is 0 Å². The summed E-state index contributed by atoms with van der Waals surface area (Å²) in [6, 6.07) is 0. The summed E-state index contributed by atoms with van der Waals surface area (Å²) in [5.74, 6) is -2.24. The number of aromatic amines is 1. The molecule has 2 rings (SSSR count). The average Bonchev–Trinajstić information content (AvgIpc) is 2.64. The van der Waals surface area contributed by atoms with Crippen LogP contribution >= 0.6 is 0 Å². The van der Waals surface area contributed by atoms with E-state index in [4.69, 9.17) is 9.84 Å². The molecule has 106 valence electrons. The summed E-state index contributed by atoms with van der Waals surface area (Å²) >= 11 is 0. The van der Waals surface area contributed by atoms with Gasteiger partial charge in [0.1, 0.15) is 18.3 Å². The van der Waals surface area contributed by atoms with Crippen molar-refractivity contribution in [2.24, 2.45) is 0 Å². The number of hydrogen-bond donors (Lipinski definition) is 6. The van der Waals surface area contributed by atoms with Crippen LogP contribution in [-0.4, -0.2) is 60.0 Å². The fourth-order valence-electron chi connectivity index (χ4n) is 1.86. The second-order valence-corrected chi connectivity index (χ2v) is 4.03. The lowest BCUT2D eigenvalue weighted by molar-refractivity contribution is -0.0582. The van der Waals surface area contributed by atoms with Crippen molar-refractivity contribution in [1.29, 1.82) is 0 Å². The molecule has 0 radical (unpaired) electrons. The topological polar surface area (TPSA) is 165 Å². The summed E-state index contributed by atoms with van der Waals surface area (Å²) in [5.41, 5.74) is -2.35. The number of ether oxygens (including phenoxy) is 1. The van der Waals surface area contributed by atoms with Crippen molar-refractivity contribution in [3.63, 3.8) is 0 Å². The number of aromatic nitrogens is 2. The van der Waals surface area contributed by atoms with E-state index in [1.165, 1.54) is 0 Å². The Morgan fingerprint density at radius 2 is 1.84 bits per heavy atom. The monoisotopic (exact) mass is 276 g/mol. The van der Waals surface area contributed by atoms with E-state index in [0.717, 1.165) is 0 Å². The van der Waals surface area contributed by atoms with Crippen molar-refractivity contribution in [3.8, 4) is 11.6 Å². The lowest BCUT2D eigenvalue weighted by Gasteiger charge is -2.18. The molecule has 10 nitrogen and oxygen atoms in total. The summed E-state index contributed by atoms with van der Waals surface area (Å²) in [7, 11) is 0. The number of aliphatic hydroxyl groups excluding tert-OH is 3. The molecule has 1 aromatic heterocycles. The van der Waals surface area contributed by atoms with Crippen LogP contribution < -0.4 is 11.2 Å². The maximum Gasteiger partial charge on any atom is 0.333 e. The molecule has 19 heavy (non-hydrogen) atoms. The highest BCUT2D eigenvalue weighted by Gasteiger charge is 2.45. The van der Waals surface area contributed by atoms with Crippen LogP contribution in [0.2, 0.25) is 0 Å². The van der Waals surface area contributed by atoms with Gasteiger partial charge in [0.25, 0.3) is 5.56 Å². The Morgan fingerprint density at radius 1 is 1.21 bits per heavy atom. The van der Waals surface area contributed by atoms with Gasteiger partial charge < -0.3 is 30.3 Å². The molecule has 10 heteroatoms. The van der Waals surface area contributed by atoms with E-state index in [9.17, 15) is 30.0 Å². The minimum absolute atomic E-state index is 0.375. The molecule has 0 aliphatic carbocycles. The Kier molecular flexibility index (Phi) is 3.32. The van der Waals surface area contributed by atoms with Crippen molar-refractivity contribution in [2.75, 3.05) is 6.61 Å². The normalized spacial score (nSPS) is 30.7. The Balaban J connectivity index is 2.52. The second kappa shape index (κ2) is 4.66. The standard InChI is InChI=1S/C9H12N2O8/c12-1-2-3(13)4(14)8(19-2)11-7(17)5(15)6(16)10-9(11)18/h2-4,8,12-15,17H,1H2,(H,10,16,18)/t2-,3-,4+,8-/m1/s1. The number of rotatable bonds is 2. The summed E-state index contributed by atoms with van der Waals surface area (Å²) in [5, 5.41) is 46.9. The number of hydrogen-bond acceptors (Lipinski definition) is 8. The van der Waals surface area contributed by atoms with Gasteiger partial charge in [0.05, 0.1) is 6.61 Å². The first-order valence-electron chi connectivity index (χ1n) is 5.27. The Hall–Kier alpha value is -1.88. The van der Waals surface area contributed by atoms with Crippen molar-refractivity contribution < 1.29 is 30.3 Å². The van der Waals surface area contributed by atoms with Gasteiger partial charge in [0, 0.05) is 0 Å². The third kappa shape index (κ3) is 2.00. The molecule has 0 aromatic carbocycles. The highest BCUT2D eigenvalue weighted by Crippen LogP contribution is 2.32. The predicted octanol–water partition coefficient (Wildman–Crippen LogP) is -3.44. The van der Waals surface area contributed by atoms with Crippen molar-refractivity contribution >= 4 is 0 Å². The van der Waals surface area contributed by atoms with Gasteiger partial charge in [-0.25, -0.2) is 9.36 Å². The number of aromatic hydroxyl groups is 2. The SMILES string of the molecule is O=c1[nH]c(=O)n([C@@H]2O[C@H](CO)[C@@H](O)[C@@H]2O)c(O)c1O. The van der Waals surface area contributed by atoms with Crippen molar-refractivity contribution in [2.45, 2.75) is 24.5 Å². The molecule has 0 unspecified atom stereocenters. The molecule has 1 aromatic rings. The third-order valence-electron chi connectivity index (χ3n) is 2.87.